The second kappa shape index (κ2) is 5.02. The molecule has 0 bridgehead atoms. The van der Waals surface area contributed by atoms with Gasteiger partial charge in [0.25, 0.3) is 0 Å². The number of hydrogen-bond donors (Lipinski definition) is 2. The molecule has 20 heavy (non-hydrogen) atoms. The molecule has 2 saturated carbocycles. The molecule has 0 amide bonds. The van der Waals surface area contributed by atoms with Gasteiger partial charge in [0, 0.05) is 19.0 Å². The molecule has 0 radical (unpaired) electrons. The summed E-state index contributed by atoms with van der Waals surface area (Å²) < 4.78 is 0. The average molecular weight is 275 g/mol. The topological polar surface area (TPSA) is 56.8 Å². The zero-order valence-electron chi connectivity index (χ0n) is 12.3. The van der Waals surface area contributed by atoms with Crippen LogP contribution in [0.5, 0.6) is 0 Å². The fourth-order valence-corrected chi connectivity index (χ4v) is 4.48. The molecule has 2 aliphatic carbocycles. The lowest BCUT2D eigenvalue weighted by Gasteiger charge is -2.31. The van der Waals surface area contributed by atoms with Crippen molar-refractivity contribution in [3.05, 3.63) is 5.82 Å². The maximum absolute atomic E-state index is 4.81. The minimum Gasteiger partial charge on any atom is -0.339 e. The first-order chi connectivity index (χ1) is 9.86. The van der Waals surface area contributed by atoms with Gasteiger partial charge in [-0.1, -0.05) is 6.42 Å². The van der Waals surface area contributed by atoms with Crippen molar-refractivity contribution in [2.75, 3.05) is 31.6 Å². The minimum absolute atomic E-state index is 0.697. The van der Waals surface area contributed by atoms with E-state index in [1.165, 1.54) is 32.1 Å². The van der Waals surface area contributed by atoms with Crippen LogP contribution in [0, 0.1) is 17.8 Å². The molecule has 2 N–H and O–H groups in total. The molecule has 2 heterocycles. The quantitative estimate of drug-likeness (QED) is 0.879. The van der Waals surface area contributed by atoms with Gasteiger partial charge in [-0.05, 0) is 57.0 Å². The first kappa shape index (κ1) is 12.6. The number of rotatable bonds is 4. The molecule has 5 heteroatoms. The monoisotopic (exact) mass is 275 g/mol. The SMILES string of the molecule is CNCC1CCCN(c2n[nH]c(C3C4CCCC43)n2)C1. The van der Waals surface area contributed by atoms with Crippen molar-refractivity contribution in [3.63, 3.8) is 0 Å². The number of anilines is 1. The molecule has 1 aromatic rings. The number of fused-ring (bicyclic) bond motifs is 1. The highest BCUT2D eigenvalue weighted by Gasteiger charge is 2.55. The highest BCUT2D eigenvalue weighted by Crippen LogP contribution is 2.62. The highest BCUT2D eigenvalue weighted by atomic mass is 15.4. The van der Waals surface area contributed by atoms with Gasteiger partial charge in [-0.2, -0.15) is 4.98 Å². The molecule has 5 nitrogen and oxygen atoms in total. The van der Waals surface area contributed by atoms with Crippen LogP contribution >= 0.6 is 0 Å². The smallest absolute Gasteiger partial charge is 0.244 e. The molecule has 4 rings (SSSR count). The van der Waals surface area contributed by atoms with Crippen molar-refractivity contribution in [3.8, 4) is 0 Å². The van der Waals surface area contributed by atoms with Crippen LogP contribution < -0.4 is 10.2 Å². The molecular weight excluding hydrogens is 250 g/mol. The van der Waals surface area contributed by atoms with Crippen molar-refractivity contribution in [1.29, 1.82) is 0 Å². The van der Waals surface area contributed by atoms with Crippen LogP contribution in [0.2, 0.25) is 0 Å². The summed E-state index contributed by atoms with van der Waals surface area (Å²) in [5.41, 5.74) is 0. The molecule has 0 spiro atoms. The predicted octanol–water partition coefficient (Wildman–Crippen LogP) is 1.75. The number of hydrogen-bond acceptors (Lipinski definition) is 4. The van der Waals surface area contributed by atoms with Crippen LogP contribution in [0.4, 0.5) is 5.95 Å². The first-order valence-corrected chi connectivity index (χ1v) is 8.18. The number of nitrogens with one attached hydrogen (secondary N) is 2. The fraction of sp³-hybridized carbons (Fsp3) is 0.867. The molecule has 3 fully saturated rings. The molecule has 1 aliphatic heterocycles. The summed E-state index contributed by atoms with van der Waals surface area (Å²) in [5, 5.41) is 11.0. The van der Waals surface area contributed by atoms with Crippen molar-refractivity contribution in [2.24, 2.45) is 17.8 Å². The van der Waals surface area contributed by atoms with Crippen LogP contribution in [0.15, 0.2) is 0 Å². The Hall–Kier alpha value is -1.10. The number of piperidine rings is 1. The van der Waals surface area contributed by atoms with E-state index in [1.54, 1.807) is 0 Å². The van der Waals surface area contributed by atoms with E-state index in [2.05, 4.69) is 20.4 Å². The van der Waals surface area contributed by atoms with E-state index < -0.39 is 0 Å². The number of nitrogens with zero attached hydrogens (tertiary/aromatic N) is 3. The van der Waals surface area contributed by atoms with Gasteiger partial charge in [-0.25, -0.2) is 0 Å². The van der Waals surface area contributed by atoms with Crippen LogP contribution in [0.1, 0.15) is 43.8 Å². The lowest BCUT2D eigenvalue weighted by atomic mass is 9.98. The standard InChI is InChI=1S/C15H25N5/c1-16-8-10-4-3-7-20(9-10)15-17-14(18-19-15)13-11-5-2-6-12(11)13/h10-13,16H,2-9H2,1H3,(H,17,18,19). The van der Waals surface area contributed by atoms with Gasteiger partial charge < -0.3 is 10.2 Å². The van der Waals surface area contributed by atoms with Crippen molar-refractivity contribution < 1.29 is 0 Å². The second-order valence-corrected chi connectivity index (χ2v) is 6.82. The Morgan fingerprint density at radius 3 is 2.90 bits per heavy atom. The minimum atomic E-state index is 0.697. The van der Waals surface area contributed by atoms with E-state index in [9.17, 15) is 0 Å². The van der Waals surface area contributed by atoms with Gasteiger partial charge in [0.15, 0.2) is 0 Å². The summed E-state index contributed by atoms with van der Waals surface area (Å²) in [5.74, 6) is 5.35. The van der Waals surface area contributed by atoms with Crippen LogP contribution in [0.25, 0.3) is 0 Å². The van der Waals surface area contributed by atoms with Crippen LogP contribution in [0.3, 0.4) is 0 Å². The third-order valence-corrected chi connectivity index (χ3v) is 5.51. The van der Waals surface area contributed by atoms with Gasteiger partial charge in [0.05, 0.1) is 0 Å². The summed E-state index contributed by atoms with van der Waals surface area (Å²) in [6.45, 7) is 3.30. The van der Waals surface area contributed by atoms with Gasteiger partial charge in [-0.15, -0.1) is 5.10 Å². The third-order valence-electron chi connectivity index (χ3n) is 5.51. The summed E-state index contributed by atoms with van der Waals surface area (Å²) >= 11 is 0. The van der Waals surface area contributed by atoms with E-state index in [-0.39, 0.29) is 0 Å². The number of aromatic nitrogens is 3. The Bertz CT molecular complexity index is 459. The van der Waals surface area contributed by atoms with E-state index in [0.29, 0.717) is 5.92 Å². The van der Waals surface area contributed by atoms with Crippen molar-refractivity contribution >= 4 is 5.95 Å². The lowest BCUT2D eigenvalue weighted by Crippen LogP contribution is -2.39. The predicted molar refractivity (Wildman–Crippen MR) is 78.8 cm³/mol. The number of aromatic amines is 1. The van der Waals surface area contributed by atoms with Crippen LogP contribution in [-0.2, 0) is 0 Å². The van der Waals surface area contributed by atoms with Crippen molar-refractivity contribution in [2.45, 2.75) is 38.0 Å². The molecule has 1 aromatic heterocycles. The molecule has 3 aliphatic rings. The zero-order chi connectivity index (χ0) is 13.5. The summed E-state index contributed by atoms with van der Waals surface area (Å²) in [4.78, 5) is 7.18. The first-order valence-electron chi connectivity index (χ1n) is 8.18. The van der Waals surface area contributed by atoms with Gasteiger partial charge >= 0.3 is 0 Å². The zero-order valence-corrected chi connectivity index (χ0v) is 12.3. The van der Waals surface area contributed by atoms with Gasteiger partial charge in [0.2, 0.25) is 5.95 Å². The summed E-state index contributed by atoms with van der Waals surface area (Å²) in [7, 11) is 2.04. The maximum atomic E-state index is 4.81. The van der Waals surface area contributed by atoms with Crippen LogP contribution in [-0.4, -0.2) is 41.9 Å². The maximum Gasteiger partial charge on any atom is 0.244 e. The van der Waals surface area contributed by atoms with Gasteiger partial charge in [-0.3, -0.25) is 5.10 Å². The largest absolute Gasteiger partial charge is 0.339 e. The Morgan fingerprint density at radius 2 is 2.10 bits per heavy atom. The molecular formula is C15H25N5. The third kappa shape index (κ3) is 2.12. The van der Waals surface area contributed by atoms with Crippen molar-refractivity contribution in [1.82, 2.24) is 20.5 Å². The average Bonchev–Trinajstić information content (AvgIpc) is 2.90. The molecule has 1 saturated heterocycles. The van der Waals surface area contributed by atoms with E-state index in [0.717, 1.165) is 49.2 Å². The number of H-pyrrole nitrogens is 1. The molecule has 110 valence electrons. The van der Waals surface area contributed by atoms with E-state index in [4.69, 9.17) is 4.98 Å². The molecule has 0 aromatic carbocycles. The Balaban J connectivity index is 1.42. The van der Waals surface area contributed by atoms with Gasteiger partial charge in [0.1, 0.15) is 5.82 Å². The molecule has 3 atom stereocenters. The van der Waals surface area contributed by atoms with E-state index >= 15 is 0 Å². The highest BCUT2D eigenvalue weighted by molar-refractivity contribution is 5.32. The van der Waals surface area contributed by atoms with E-state index in [1.807, 2.05) is 7.05 Å². The molecule has 3 unspecified atom stereocenters. The second-order valence-electron chi connectivity index (χ2n) is 6.82. The summed E-state index contributed by atoms with van der Waals surface area (Å²) in [6.07, 6.45) is 6.80. The Morgan fingerprint density at radius 1 is 1.25 bits per heavy atom. The Kier molecular flexibility index (Phi) is 3.17. The fourth-order valence-electron chi connectivity index (χ4n) is 4.48. The summed E-state index contributed by atoms with van der Waals surface area (Å²) in [6, 6.07) is 0. The Labute approximate surface area is 120 Å². The normalized spacial score (nSPS) is 36.1. The lowest BCUT2D eigenvalue weighted by molar-refractivity contribution is 0.399.